The van der Waals surface area contributed by atoms with Crippen LogP contribution < -0.4 is 26.2 Å². The standard InChI is InChI=1S/C24H30N8O11S2/c1-24(2)19(21(35)32(24)43-45(38,39)40)28-20(34)18(15-11-44-23(26)27-15)29-42-17(22(36)37)10-41-14-4-5-16-12(6-14)8-31(30(16)3)13(7-25)9-33/h4-6,8,11,13,17,19,33H,7,9-10,25H2,1-3H3,(H4-,26,27,28,34,36,37,38,39,40)/b29-18-/t13?,17?,19-/m1/s1. The largest absolute Gasteiger partial charge is 0.724 e. The summed E-state index contributed by atoms with van der Waals surface area (Å²) < 4.78 is 46.3. The van der Waals surface area contributed by atoms with Crippen LogP contribution in [-0.4, -0.2) is 98.9 Å². The number of anilines is 1. The van der Waals surface area contributed by atoms with Gasteiger partial charge in [0.1, 0.15) is 36.2 Å². The molecule has 3 atom stereocenters. The molecule has 244 valence electrons. The zero-order chi connectivity index (χ0) is 33.3. The minimum Gasteiger partial charge on any atom is -0.724 e. The predicted molar refractivity (Wildman–Crippen MR) is 153 cm³/mol. The van der Waals surface area contributed by atoms with E-state index in [9.17, 15) is 37.6 Å². The number of hydrogen-bond donors (Lipinski definition) is 5. The molecule has 2 unspecified atom stereocenters. The molecule has 0 radical (unpaired) electrons. The van der Waals surface area contributed by atoms with Crippen LogP contribution in [0.3, 0.4) is 0 Å². The number of carbonyl (C=O) groups is 3. The Labute approximate surface area is 259 Å². The van der Waals surface area contributed by atoms with Crippen molar-refractivity contribution in [2.24, 2.45) is 17.9 Å². The summed E-state index contributed by atoms with van der Waals surface area (Å²) in [5, 5.41) is 27.8. The number of carboxylic acid groups (broad SMARTS) is 1. The topological polar surface area (TPSA) is 278 Å². The number of aliphatic hydroxyl groups is 1. The minimum atomic E-state index is -5.27. The second-order valence-electron chi connectivity index (χ2n) is 10.3. The lowest BCUT2D eigenvalue weighted by Crippen LogP contribution is -2.76. The van der Waals surface area contributed by atoms with Crippen molar-refractivity contribution in [2.75, 3.05) is 25.5 Å². The number of benzene rings is 1. The molecule has 3 aromatic rings. The van der Waals surface area contributed by atoms with E-state index in [1.165, 1.54) is 19.2 Å². The third-order valence-electron chi connectivity index (χ3n) is 6.87. The highest BCUT2D eigenvalue weighted by atomic mass is 32.3. The molecule has 1 aliphatic heterocycles. The average Bonchev–Trinajstić information content (AvgIpc) is 3.54. The number of carbonyl (C=O) groups excluding carboxylic acids is 2. The maximum absolute atomic E-state index is 13.2. The molecule has 1 aromatic carbocycles. The van der Waals surface area contributed by atoms with Crippen LogP contribution in [0, 0.1) is 0 Å². The summed E-state index contributed by atoms with van der Waals surface area (Å²) in [5.74, 6) is -3.29. The Balaban J connectivity index is 1.51. The van der Waals surface area contributed by atoms with Gasteiger partial charge in [-0.3, -0.25) is 9.59 Å². The molecule has 0 saturated carbocycles. The van der Waals surface area contributed by atoms with Gasteiger partial charge >= 0.3 is 5.97 Å². The first kappa shape index (κ1) is 33.5. The number of ether oxygens (including phenoxy) is 1. The molecule has 21 heteroatoms. The van der Waals surface area contributed by atoms with Crippen LogP contribution >= 0.6 is 11.3 Å². The van der Waals surface area contributed by atoms with Crippen molar-refractivity contribution < 1.29 is 56.1 Å². The van der Waals surface area contributed by atoms with E-state index in [0.29, 0.717) is 5.06 Å². The quantitative estimate of drug-likeness (QED) is 0.0303. The van der Waals surface area contributed by atoms with Gasteiger partial charge in [-0.25, -0.2) is 18.2 Å². The molecule has 0 bridgehead atoms. The number of aryl methyl sites for hydroxylation is 1. The van der Waals surface area contributed by atoms with E-state index in [1.807, 2.05) is 0 Å². The van der Waals surface area contributed by atoms with Gasteiger partial charge in [-0.05, 0) is 32.0 Å². The number of nitrogens with zero attached hydrogens (tertiary/aromatic N) is 5. The molecule has 2 aromatic heterocycles. The van der Waals surface area contributed by atoms with Crippen molar-refractivity contribution in [1.82, 2.24) is 20.0 Å². The molecule has 0 spiro atoms. The van der Waals surface area contributed by atoms with Gasteiger partial charge in [0, 0.05) is 5.38 Å². The fourth-order valence-corrected chi connectivity index (χ4v) is 5.44. The van der Waals surface area contributed by atoms with Crippen molar-refractivity contribution in [3.05, 3.63) is 35.5 Å². The van der Waals surface area contributed by atoms with E-state index in [0.717, 1.165) is 22.2 Å². The van der Waals surface area contributed by atoms with Gasteiger partial charge in [0.2, 0.25) is 22.6 Å². The number of aromatic nitrogens is 3. The lowest BCUT2D eigenvalue weighted by Gasteiger charge is -2.51. The smallest absolute Gasteiger partial charge is 0.351 e. The molecule has 0 aliphatic carbocycles. The number of rotatable bonds is 14. The lowest BCUT2D eigenvalue weighted by atomic mass is 9.84. The second kappa shape index (κ2) is 12.9. The van der Waals surface area contributed by atoms with Crippen LogP contribution in [0.15, 0.2) is 34.9 Å². The summed E-state index contributed by atoms with van der Waals surface area (Å²) in [6.07, 6.45) is 0.0405. The number of amides is 2. The Morgan fingerprint density at radius 3 is 2.62 bits per heavy atom. The van der Waals surface area contributed by atoms with Crippen molar-refractivity contribution in [2.45, 2.75) is 37.6 Å². The van der Waals surface area contributed by atoms with E-state index in [1.54, 1.807) is 40.8 Å². The third-order valence-corrected chi connectivity index (χ3v) is 7.87. The fourth-order valence-electron chi connectivity index (χ4n) is 4.44. The molecule has 1 fully saturated rings. The van der Waals surface area contributed by atoms with E-state index in [-0.39, 0.29) is 35.8 Å². The second-order valence-corrected chi connectivity index (χ2v) is 12.1. The lowest BCUT2D eigenvalue weighted by molar-refractivity contribution is -0.792. The van der Waals surface area contributed by atoms with Crippen molar-refractivity contribution in [3.63, 3.8) is 0 Å². The molecule has 2 amide bonds. The summed E-state index contributed by atoms with van der Waals surface area (Å²) in [4.78, 5) is 46.8. The number of nitrogen functional groups attached to an aromatic ring is 1. The zero-order valence-corrected chi connectivity index (χ0v) is 25.6. The number of aliphatic carboxylic acids is 1. The molecule has 4 rings (SSSR count). The van der Waals surface area contributed by atoms with Crippen molar-refractivity contribution in [3.8, 4) is 5.75 Å². The van der Waals surface area contributed by atoms with E-state index in [4.69, 9.17) is 21.0 Å². The number of thiazole rings is 1. The number of aliphatic hydroxyl groups excluding tert-OH is 1. The van der Waals surface area contributed by atoms with Crippen molar-refractivity contribution in [1.29, 1.82) is 0 Å². The van der Waals surface area contributed by atoms with E-state index < -0.39 is 58.2 Å². The van der Waals surface area contributed by atoms with E-state index in [2.05, 4.69) is 19.7 Å². The molecule has 19 nitrogen and oxygen atoms in total. The van der Waals surface area contributed by atoms with Crippen LogP contribution in [0.2, 0.25) is 0 Å². The first-order valence-electron chi connectivity index (χ1n) is 13.0. The molecule has 3 heterocycles. The summed E-state index contributed by atoms with van der Waals surface area (Å²) in [6, 6.07) is 3.26. The Kier molecular flexibility index (Phi) is 9.60. The number of oxime groups is 1. The summed E-state index contributed by atoms with van der Waals surface area (Å²) in [5.41, 5.74) is 10.1. The summed E-state index contributed by atoms with van der Waals surface area (Å²) in [7, 11) is -3.48. The zero-order valence-electron chi connectivity index (χ0n) is 24.0. The van der Waals surface area contributed by atoms with Crippen LogP contribution in [0.5, 0.6) is 5.75 Å². The first-order valence-corrected chi connectivity index (χ1v) is 15.2. The Bertz CT molecular complexity index is 1750. The summed E-state index contributed by atoms with van der Waals surface area (Å²) >= 11 is 0.940. The summed E-state index contributed by atoms with van der Waals surface area (Å²) in [6.45, 7) is 2.14. The highest BCUT2D eigenvalue weighted by molar-refractivity contribution is 7.80. The van der Waals surface area contributed by atoms with Gasteiger partial charge in [-0.1, -0.05) is 5.16 Å². The highest BCUT2D eigenvalue weighted by Gasteiger charge is 2.57. The third kappa shape index (κ3) is 7.13. The molecule has 1 saturated heterocycles. The highest BCUT2D eigenvalue weighted by Crippen LogP contribution is 2.33. The van der Waals surface area contributed by atoms with Gasteiger partial charge in [-0.15, -0.1) is 16.0 Å². The number of nitrogens with one attached hydrogen (secondary N) is 1. The number of hydroxylamine groups is 2. The van der Waals surface area contributed by atoms with Gasteiger partial charge in [0.25, 0.3) is 17.9 Å². The fraction of sp³-hybridized carbons (Fsp3) is 0.417. The van der Waals surface area contributed by atoms with Gasteiger partial charge in [0.15, 0.2) is 10.8 Å². The number of nitrogens with two attached hydrogens (primary N) is 2. The first-order chi connectivity index (χ1) is 21.1. The normalized spacial score (nSPS) is 17.9. The van der Waals surface area contributed by atoms with Crippen LogP contribution in [0.1, 0.15) is 25.6 Å². The molecular weight excluding hydrogens is 640 g/mol. The minimum absolute atomic E-state index is 0.0401. The van der Waals surface area contributed by atoms with Gasteiger partial charge < -0.3 is 41.1 Å². The van der Waals surface area contributed by atoms with Crippen LogP contribution in [-0.2, 0) is 41.0 Å². The SMILES string of the molecule is Cn1c2ccc(OCC(O/N=C(\C(=O)N[C@@H]3C(=O)N(OS(=O)(=O)[O-])C3(C)C)c3csc(N)n3)C(=O)O)cc2c[n+]1C(CN)CO. The Morgan fingerprint density at radius 1 is 1.36 bits per heavy atom. The maximum Gasteiger partial charge on any atom is 0.351 e. The van der Waals surface area contributed by atoms with Crippen LogP contribution in [0.4, 0.5) is 5.13 Å². The van der Waals surface area contributed by atoms with E-state index >= 15 is 0 Å². The number of carboxylic acids is 1. The van der Waals surface area contributed by atoms with Gasteiger partial charge in [-0.2, -0.15) is 14.0 Å². The molecule has 1 aliphatic rings. The predicted octanol–water partition coefficient (Wildman–Crippen LogP) is -2.25. The van der Waals surface area contributed by atoms with Crippen LogP contribution in [0.25, 0.3) is 10.9 Å². The molecule has 7 N–H and O–H groups in total. The van der Waals surface area contributed by atoms with Crippen molar-refractivity contribution >= 4 is 61.3 Å². The number of β-lactam (4-membered cyclic amide) rings is 1. The monoisotopic (exact) mass is 670 g/mol. The maximum atomic E-state index is 13.2. The Hall–Kier alpha value is -4.41. The molecular formula is C24H30N8O11S2. The van der Waals surface area contributed by atoms with Gasteiger partial charge in [0.05, 0.1) is 24.5 Å². The average molecular weight is 671 g/mol. The number of hydrogen-bond acceptors (Lipinski definition) is 15. The number of fused-ring (bicyclic) bond motifs is 1. The molecule has 45 heavy (non-hydrogen) atoms. The Morgan fingerprint density at radius 2 is 2.07 bits per heavy atom.